The first-order valence-electron chi connectivity index (χ1n) is 5.68. The molecule has 0 radical (unpaired) electrons. The number of amides is 1. The van der Waals surface area contributed by atoms with Crippen molar-refractivity contribution in [2.45, 2.75) is 32.4 Å². The summed E-state index contributed by atoms with van der Waals surface area (Å²) in [5, 5.41) is 11.8. The van der Waals surface area contributed by atoms with Crippen molar-refractivity contribution in [3.8, 4) is 0 Å². The Bertz CT molecular complexity index is 355. The van der Waals surface area contributed by atoms with Crippen molar-refractivity contribution in [1.29, 1.82) is 0 Å². The number of likely N-dealkylation sites (tertiary alicyclic amines) is 1. The largest absolute Gasteiger partial charge is 0.480 e. The van der Waals surface area contributed by atoms with Gasteiger partial charge >= 0.3 is 12.1 Å². The fourth-order valence-corrected chi connectivity index (χ4v) is 2.31. The molecule has 1 unspecified atom stereocenters. The van der Waals surface area contributed by atoms with Gasteiger partial charge in [0.2, 0.25) is 0 Å². The molecule has 2 N–H and O–H groups in total. The monoisotopic (exact) mass is 242 g/mol. The minimum absolute atomic E-state index is 0.275. The molecule has 6 nitrogen and oxygen atoms in total. The quantitative estimate of drug-likeness (QED) is 0.690. The Morgan fingerprint density at radius 2 is 2.00 bits per heavy atom. The van der Waals surface area contributed by atoms with E-state index in [0.717, 1.165) is 0 Å². The molecule has 0 aromatic carbocycles. The molecule has 2 rings (SSSR count). The maximum atomic E-state index is 11.7. The number of carboxylic acid groups (broad SMARTS) is 1. The predicted molar refractivity (Wildman–Crippen MR) is 59.7 cm³/mol. The van der Waals surface area contributed by atoms with Crippen molar-refractivity contribution in [3.63, 3.8) is 0 Å². The number of rotatable bonds is 1. The number of nitrogens with zero attached hydrogens (tertiary/aromatic N) is 1. The third-order valence-electron chi connectivity index (χ3n) is 3.18. The van der Waals surface area contributed by atoms with Crippen LogP contribution >= 0.6 is 0 Å². The second-order valence-electron chi connectivity index (χ2n) is 5.85. The molecular formula is C11H18N2O4. The number of carbonyl (C=O) groups excluding carboxylic acids is 1. The molecule has 1 amide bonds. The predicted octanol–water partition coefficient (Wildman–Crippen LogP) is 0.280. The van der Waals surface area contributed by atoms with Gasteiger partial charge in [0.05, 0.1) is 0 Å². The molecule has 2 heterocycles. The lowest BCUT2D eigenvalue weighted by Crippen LogP contribution is -2.79. The number of carbonyl (C=O) groups is 2. The normalized spacial score (nSPS) is 26.1. The average molecular weight is 242 g/mol. The van der Waals surface area contributed by atoms with E-state index in [1.165, 1.54) is 0 Å². The highest BCUT2D eigenvalue weighted by molar-refractivity contribution is 5.78. The lowest BCUT2D eigenvalue weighted by molar-refractivity contribution is -0.158. The molecule has 0 bridgehead atoms. The first-order valence-corrected chi connectivity index (χ1v) is 5.68. The number of ether oxygens (including phenoxy) is 1. The van der Waals surface area contributed by atoms with Gasteiger partial charge in [0.1, 0.15) is 11.6 Å². The van der Waals surface area contributed by atoms with E-state index in [1.54, 1.807) is 4.90 Å². The van der Waals surface area contributed by atoms with Crippen LogP contribution in [0.15, 0.2) is 0 Å². The maximum Gasteiger partial charge on any atom is 0.410 e. The zero-order valence-electron chi connectivity index (χ0n) is 10.3. The van der Waals surface area contributed by atoms with Gasteiger partial charge in [-0.05, 0) is 20.8 Å². The molecule has 1 atom stereocenters. The number of hydrogen-bond donors (Lipinski definition) is 2. The molecule has 96 valence electrons. The van der Waals surface area contributed by atoms with Gasteiger partial charge in [0.25, 0.3) is 0 Å². The summed E-state index contributed by atoms with van der Waals surface area (Å²) in [7, 11) is 0. The minimum atomic E-state index is -0.847. The molecule has 0 aliphatic carbocycles. The van der Waals surface area contributed by atoms with Crippen LogP contribution < -0.4 is 5.32 Å². The van der Waals surface area contributed by atoms with Crippen molar-refractivity contribution in [2.75, 3.05) is 19.6 Å². The van der Waals surface area contributed by atoms with Crippen molar-refractivity contribution in [2.24, 2.45) is 5.41 Å². The van der Waals surface area contributed by atoms with Crippen molar-refractivity contribution >= 4 is 12.1 Å². The maximum absolute atomic E-state index is 11.7. The van der Waals surface area contributed by atoms with Gasteiger partial charge in [-0.2, -0.15) is 0 Å². The molecular weight excluding hydrogens is 224 g/mol. The topological polar surface area (TPSA) is 78.9 Å². The number of nitrogens with one attached hydrogen (secondary N) is 1. The summed E-state index contributed by atoms with van der Waals surface area (Å²) in [6.45, 7) is 7.02. The van der Waals surface area contributed by atoms with Crippen LogP contribution in [0, 0.1) is 5.41 Å². The molecule has 17 heavy (non-hydrogen) atoms. The molecule has 6 heteroatoms. The van der Waals surface area contributed by atoms with E-state index >= 15 is 0 Å². The Balaban J connectivity index is 1.87. The van der Waals surface area contributed by atoms with Gasteiger partial charge in [-0.1, -0.05) is 0 Å². The van der Waals surface area contributed by atoms with E-state index in [9.17, 15) is 9.59 Å². The SMILES string of the molecule is CC(C)(C)OC(=O)N1CC2(CNC2C(=O)O)C1. The third-order valence-corrected chi connectivity index (χ3v) is 3.18. The second kappa shape index (κ2) is 3.60. The standard InChI is InChI=1S/C11H18N2O4/c1-10(2,3)17-9(16)13-5-11(6-13)4-12-7(11)8(14)15/h7,12H,4-6H2,1-3H3,(H,14,15). The van der Waals surface area contributed by atoms with E-state index in [2.05, 4.69) is 5.32 Å². The Kier molecular flexibility index (Phi) is 2.57. The van der Waals surface area contributed by atoms with Gasteiger partial charge in [-0.15, -0.1) is 0 Å². The van der Waals surface area contributed by atoms with Crippen LogP contribution in [0.5, 0.6) is 0 Å². The average Bonchev–Trinajstić information content (AvgIpc) is 1.93. The molecule has 2 fully saturated rings. The summed E-state index contributed by atoms with van der Waals surface area (Å²) < 4.78 is 5.22. The summed E-state index contributed by atoms with van der Waals surface area (Å²) >= 11 is 0. The number of hydrogen-bond acceptors (Lipinski definition) is 4. The first kappa shape index (κ1) is 12.2. The lowest BCUT2D eigenvalue weighted by Gasteiger charge is -2.58. The summed E-state index contributed by atoms with van der Waals surface area (Å²) in [5.41, 5.74) is -0.785. The highest BCUT2D eigenvalue weighted by atomic mass is 16.6. The summed E-state index contributed by atoms with van der Waals surface area (Å²) in [6, 6.07) is -0.527. The minimum Gasteiger partial charge on any atom is -0.480 e. The fraction of sp³-hybridized carbons (Fsp3) is 0.818. The van der Waals surface area contributed by atoms with Crippen LogP contribution in [0.3, 0.4) is 0 Å². The smallest absolute Gasteiger partial charge is 0.410 e. The Morgan fingerprint density at radius 1 is 1.41 bits per heavy atom. The molecule has 2 saturated heterocycles. The molecule has 0 aromatic heterocycles. The Labute approximate surface area is 99.9 Å². The molecule has 0 saturated carbocycles. The van der Waals surface area contributed by atoms with Crippen LogP contribution in [0.1, 0.15) is 20.8 Å². The van der Waals surface area contributed by atoms with Gasteiger partial charge < -0.3 is 20.1 Å². The summed E-state index contributed by atoms with van der Waals surface area (Å²) in [6.07, 6.45) is -0.362. The van der Waals surface area contributed by atoms with E-state index in [4.69, 9.17) is 9.84 Å². The number of carboxylic acids is 1. The van der Waals surface area contributed by atoms with Crippen LogP contribution in [0.2, 0.25) is 0 Å². The van der Waals surface area contributed by atoms with Crippen molar-refractivity contribution in [3.05, 3.63) is 0 Å². The zero-order valence-corrected chi connectivity index (χ0v) is 10.3. The van der Waals surface area contributed by atoms with Crippen LogP contribution in [-0.2, 0) is 9.53 Å². The fourth-order valence-electron chi connectivity index (χ4n) is 2.31. The Hall–Kier alpha value is -1.30. The molecule has 2 aliphatic rings. The second-order valence-corrected chi connectivity index (χ2v) is 5.85. The van der Waals surface area contributed by atoms with E-state index in [0.29, 0.717) is 19.6 Å². The summed E-state index contributed by atoms with van der Waals surface area (Å²) in [4.78, 5) is 24.1. The van der Waals surface area contributed by atoms with Gasteiger partial charge in [0.15, 0.2) is 0 Å². The third kappa shape index (κ3) is 2.09. The van der Waals surface area contributed by atoms with Crippen LogP contribution in [-0.4, -0.2) is 53.3 Å². The first-order chi connectivity index (χ1) is 7.73. The highest BCUT2D eigenvalue weighted by Crippen LogP contribution is 2.40. The van der Waals surface area contributed by atoms with Gasteiger partial charge in [-0.3, -0.25) is 4.79 Å². The zero-order chi connectivity index (χ0) is 12.8. The highest BCUT2D eigenvalue weighted by Gasteiger charge is 2.59. The lowest BCUT2D eigenvalue weighted by atomic mass is 9.67. The van der Waals surface area contributed by atoms with Crippen LogP contribution in [0.25, 0.3) is 0 Å². The Morgan fingerprint density at radius 3 is 2.35 bits per heavy atom. The van der Waals surface area contributed by atoms with E-state index in [-0.39, 0.29) is 11.5 Å². The van der Waals surface area contributed by atoms with Crippen LogP contribution in [0.4, 0.5) is 4.79 Å². The molecule has 0 aromatic rings. The van der Waals surface area contributed by atoms with E-state index in [1.807, 2.05) is 20.8 Å². The van der Waals surface area contributed by atoms with Gasteiger partial charge in [0, 0.05) is 25.0 Å². The molecule has 2 aliphatic heterocycles. The van der Waals surface area contributed by atoms with Crippen molar-refractivity contribution in [1.82, 2.24) is 10.2 Å². The summed E-state index contributed by atoms with van der Waals surface area (Å²) in [5.74, 6) is -0.847. The molecule has 1 spiro atoms. The van der Waals surface area contributed by atoms with Gasteiger partial charge in [-0.25, -0.2) is 4.79 Å². The van der Waals surface area contributed by atoms with Crippen molar-refractivity contribution < 1.29 is 19.4 Å². The van der Waals surface area contributed by atoms with E-state index < -0.39 is 17.6 Å². The number of aliphatic carboxylic acids is 1.